The summed E-state index contributed by atoms with van der Waals surface area (Å²) < 4.78 is 60.8. The summed E-state index contributed by atoms with van der Waals surface area (Å²) in [6.07, 6.45) is -4.01. The highest BCUT2D eigenvalue weighted by Crippen LogP contribution is 2.38. The second-order valence-corrected chi connectivity index (χ2v) is 14.0. The highest BCUT2D eigenvalue weighted by molar-refractivity contribution is 5.88. The van der Waals surface area contributed by atoms with Gasteiger partial charge in [-0.05, 0) is 80.6 Å². The lowest BCUT2D eigenvalue weighted by atomic mass is 9.89. The van der Waals surface area contributed by atoms with Crippen molar-refractivity contribution in [2.45, 2.75) is 77.9 Å². The summed E-state index contributed by atoms with van der Waals surface area (Å²) in [5, 5.41) is 2.60. The molecule has 0 fully saturated rings. The summed E-state index contributed by atoms with van der Waals surface area (Å²) >= 11 is 0. The number of benzene rings is 3. The molecule has 0 saturated heterocycles. The van der Waals surface area contributed by atoms with Crippen LogP contribution in [-0.2, 0) is 30.5 Å². The number of pyridine rings is 1. The molecule has 0 aliphatic rings. The lowest BCUT2D eigenvalue weighted by molar-refractivity contribution is -0.274. The number of hydrogen-bond acceptors (Lipinski definition) is 9. The standard InChI is InChI=1S/C42H46F3N3O8/c1-28-19-20-46-37(22-28)48(40(52)56-41(2,3)4)21-9-12-38(50)47-26-33(49)23-32(24-39(51)53-5)30-13-15-31(16-14-30)35-18-17-34(25-36(35)55-42(43,44)45)54-27-29-10-7-6-8-11-29/h6-8,10-11,13-20,22,25,32H,9,12,21,23-24,26-27H2,1-5H3,(H,47,50)/t32-/m0/s1. The molecule has 0 radical (unpaired) electrons. The maximum absolute atomic E-state index is 13.4. The fraction of sp³-hybridized carbons (Fsp3) is 0.357. The average molecular weight is 778 g/mol. The molecular formula is C42H46F3N3O8. The van der Waals surface area contributed by atoms with E-state index in [2.05, 4.69) is 15.0 Å². The smallest absolute Gasteiger partial charge is 0.489 e. The molecule has 298 valence electrons. The molecule has 0 spiro atoms. The van der Waals surface area contributed by atoms with Crippen molar-refractivity contribution in [3.05, 3.63) is 108 Å². The minimum Gasteiger partial charge on any atom is -0.489 e. The molecule has 4 rings (SSSR count). The number of carbonyl (C=O) groups is 4. The van der Waals surface area contributed by atoms with Crippen LogP contribution in [0.1, 0.15) is 69.1 Å². The molecule has 14 heteroatoms. The summed E-state index contributed by atoms with van der Waals surface area (Å²) in [6.45, 7) is 7.09. The predicted molar refractivity (Wildman–Crippen MR) is 203 cm³/mol. The number of aryl methyl sites for hydroxylation is 1. The molecule has 1 atom stereocenters. The second kappa shape index (κ2) is 19.6. The lowest BCUT2D eigenvalue weighted by Crippen LogP contribution is -2.38. The zero-order valence-corrected chi connectivity index (χ0v) is 32.0. The van der Waals surface area contributed by atoms with E-state index in [0.29, 0.717) is 16.9 Å². The van der Waals surface area contributed by atoms with Gasteiger partial charge in [-0.3, -0.25) is 19.3 Å². The summed E-state index contributed by atoms with van der Waals surface area (Å²) in [5.41, 5.74) is 2.08. The van der Waals surface area contributed by atoms with E-state index in [0.717, 1.165) is 11.1 Å². The van der Waals surface area contributed by atoms with Gasteiger partial charge < -0.3 is 24.3 Å². The molecule has 2 amide bonds. The van der Waals surface area contributed by atoms with Crippen molar-refractivity contribution < 1.29 is 51.3 Å². The van der Waals surface area contributed by atoms with Crippen LogP contribution in [0.2, 0.25) is 0 Å². The number of methoxy groups -OCH3 is 1. The third-order valence-electron chi connectivity index (χ3n) is 8.29. The number of ether oxygens (including phenoxy) is 4. The minimum atomic E-state index is -4.96. The SMILES string of the molecule is COC(=O)C[C@H](CC(=O)CNC(=O)CCCN(C(=O)OC(C)(C)C)c1cc(C)ccn1)c1ccc(-c2ccc(OCc3ccccc3)cc2OC(F)(F)F)cc1. The number of nitrogens with zero attached hydrogens (tertiary/aromatic N) is 2. The van der Waals surface area contributed by atoms with E-state index in [1.54, 1.807) is 69.4 Å². The maximum Gasteiger partial charge on any atom is 0.573 e. The van der Waals surface area contributed by atoms with Gasteiger partial charge in [-0.1, -0.05) is 54.6 Å². The number of alkyl halides is 3. The summed E-state index contributed by atoms with van der Waals surface area (Å²) in [4.78, 5) is 56.7. The number of halogens is 3. The first-order chi connectivity index (χ1) is 26.5. The van der Waals surface area contributed by atoms with Crippen LogP contribution in [0, 0.1) is 6.92 Å². The largest absolute Gasteiger partial charge is 0.573 e. The fourth-order valence-corrected chi connectivity index (χ4v) is 5.62. The zero-order valence-electron chi connectivity index (χ0n) is 32.0. The van der Waals surface area contributed by atoms with Crippen molar-refractivity contribution >= 4 is 29.6 Å². The molecule has 11 nitrogen and oxygen atoms in total. The molecule has 4 aromatic rings. The van der Waals surface area contributed by atoms with E-state index < -0.39 is 41.6 Å². The quantitative estimate of drug-likeness (QED) is 0.105. The molecule has 1 heterocycles. The third kappa shape index (κ3) is 14.1. The Labute approximate surface area is 324 Å². The van der Waals surface area contributed by atoms with Gasteiger partial charge in [0.25, 0.3) is 0 Å². The van der Waals surface area contributed by atoms with Gasteiger partial charge in [0.05, 0.1) is 20.1 Å². The monoisotopic (exact) mass is 777 g/mol. The maximum atomic E-state index is 13.4. The van der Waals surface area contributed by atoms with Crippen molar-refractivity contribution in [1.82, 2.24) is 10.3 Å². The van der Waals surface area contributed by atoms with Crippen LogP contribution in [0.25, 0.3) is 11.1 Å². The summed E-state index contributed by atoms with van der Waals surface area (Å²) in [5.74, 6) is -1.89. The van der Waals surface area contributed by atoms with Gasteiger partial charge in [0.2, 0.25) is 5.91 Å². The van der Waals surface area contributed by atoms with Crippen LogP contribution >= 0.6 is 0 Å². The first-order valence-electron chi connectivity index (χ1n) is 17.9. The van der Waals surface area contributed by atoms with Gasteiger partial charge in [-0.2, -0.15) is 0 Å². The van der Waals surface area contributed by atoms with E-state index in [9.17, 15) is 32.3 Å². The summed E-state index contributed by atoms with van der Waals surface area (Å²) in [7, 11) is 1.22. The van der Waals surface area contributed by atoms with Crippen LogP contribution in [-0.4, -0.2) is 60.9 Å². The Hall–Kier alpha value is -5.92. The first kappa shape index (κ1) is 42.8. The first-order valence-corrected chi connectivity index (χ1v) is 17.9. The van der Waals surface area contributed by atoms with Crippen molar-refractivity contribution in [1.29, 1.82) is 0 Å². The van der Waals surface area contributed by atoms with Crippen molar-refractivity contribution in [3.63, 3.8) is 0 Å². The molecule has 56 heavy (non-hydrogen) atoms. The van der Waals surface area contributed by atoms with Gasteiger partial charge in [-0.25, -0.2) is 9.78 Å². The Morgan fingerprint density at radius 2 is 1.61 bits per heavy atom. The molecule has 0 saturated carbocycles. The third-order valence-corrected chi connectivity index (χ3v) is 8.29. The van der Waals surface area contributed by atoms with Gasteiger partial charge in [0.1, 0.15) is 29.5 Å². The van der Waals surface area contributed by atoms with Crippen LogP contribution in [0.15, 0.2) is 91.1 Å². The Kier molecular flexibility index (Phi) is 15.0. The number of rotatable bonds is 17. The normalized spacial score (nSPS) is 11.9. The summed E-state index contributed by atoms with van der Waals surface area (Å²) in [6, 6.07) is 23.2. The Balaban J connectivity index is 1.39. The average Bonchev–Trinajstić information content (AvgIpc) is 3.13. The van der Waals surface area contributed by atoms with E-state index >= 15 is 0 Å². The van der Waals surface area contributed by atoms with Crippen molar-refractivity contribution in [3.8, 4) is 22.6 Å². The number of Topliss-reactive ketones (excluding diaryl/α,β-unsaturated/α-hetero) is 1. The number of aromatic nitrogens is 1. The molecule has 0 unspecified atom stereocenters. The molecule has 3 aromatic carbocycles. The molecule has 1 aromatic heterocycles. The number of anilines is 1. The van der Waals surface area contributed by atoms with Gasteiger partial charge in [-0.15, -0.1) is 13.2 Å². The Morgan fingerprint density at radius 1 is 0.893 bits per heavy atom. The second-order valence-electron chi connectivity index (χ2n) is 14.0. The van der Waals surface area contributed by atoms with Crippen LogP contribution < -0.4 is 19.7 Å². The number of ketones is 1. The lowest BCUT2D eigenvalue weighted by Gasteiger charge is -2.27. The highest BCUT2D eigenvalue weighted by Gasteiger charge is 2.33. The number of carbonyl (C=O) groups excluding carboxylic acids is 4. The van der Waals surface area contributed by atoms with Crippen molar-refractivity contribution in [2.24, 2.45) is 0 Å². The number of esters is 1. The van der Waals surface area contributed by atoms with Gasteiger partial charge in [0.15, 0.2) is 5.78 Å². The number of nitrogens with one attached hydrogen (secondary N) is 1. The Bertz CT molecular complexity index is 1950. The molecule has 1 N–H and O–H groups in total. The van der Waals surface area contributed by atoms with Crippen molar-refractivity contribution in [2.75, 3.05) is 25.1 Å². The number of amides is 2. The van der Waals surface area contributed by atoms with E-state index in [4.69, 9.17) is 14.2 Å². The van der Waals surface area contributed by atoms with Crippen LogP contribution in [0.4, 0.5) is 23.8 Å². The Morgan fingerprint density at radius 3 is 2.25 bits per heavy atom. The topological polar surface area (TPSA) is 133 Å². The van der Waals surface area contributed by atoms with Crippen LogP contribution in [0.3, 0.4) is 0 Å². The van der Waals surface area contributed by atoms with E-state index in [1.807, 2.05) is 37.3 Å². The fourth-order valence-electron chi connectivity index (χ4n) is 5.62. The predicted octanol–water partition coefficient (Wildman–Crippen LogP) is 8.48. The molecule has 0 bridgehead atoms. The number of hydrogen-bond donors (Lipinski definition) is 1. The molecule has 0 aliphatic heterocycles. The van der Waals surface area contributed by atoms with Crippen LogP contribution in [0.5, 0.6) is 11.5 Å². The highest BCUT2D eigenvalue weighted by atomic mass is 19.4. The minimum absolute atomic E-state index is 0.00557. The molecule has 0 aliphatic carbocycles. The zero-order chi connectivity index (χ0) is 40.9. The van der Waals surface area contributed by atoms with E-state index in [1.165, 1.54) is 24.1 Å². The van der Waals surface area contributed by atoms with E-state index in [-0.39, 0.29) is 62.5 Å². The van der Waals surface area contributed by atoms with Gasteiger partial charge >= 0.3 is 18.4 Å². The van der Waals surface area contributed by atoms with Gasteiger partial charge in [0, 0.05) is 43.1 Å². The molecular weight excluding hydrogens is 731 g/mol.